The molecule has 98 valence electrons. The molecule has 1 atom stereocenters. The Kier molecular flexibility index (Phi) is 3.29. The number of hydrogen-bond donors (Lipinski definition) is 2. The van der Waals surface area contributed by atoms with Gasteiger partial charge >= 0.3 is 6.09 Å². The fourth-order valence-corrected chi connectivity index (χ4v) is 1.86. The van der Waals surface area contributed by atoms with Crippen LogP contribution in [0.5, 0.6) is 11.5 Å². The van der Waals surface area contributed by atoms with Crippen molar-refractivity contribution in [3.63, 3.8) is 0 Å². The summed E-state index contributed by atoms with van der Waals surface area (Å²) in [6, 6.07) is 2.81. The molecule has 6 heteroatoms. The summed E-state index contributed by atoms with van der Waals surface area (Å²) in [5.41, 5.74) is 1.35. The SMILES string of the molecule is COC(C)OC(=O)N1CCc2cc(O)c(O)cc21. The summed E-state index contributed by atoms with van der Waals surface area (Å²) in [5, 5.41) is 18.8. The minimum atomic E-state index is -0.632. The molecule has 0 radical (unpaired) electrons. The minimum absolute atomic E-state index is 0.186. The quantitative estimate of drug-likeness (QED) is 0.618. The molecule has 1 aliphatic heterocycles. The summed E-state index contributed by atoms with van der Waals surface area (Å²) < 4.78 is 9.88. The molecule has 0 saturated heterocycles. The smallest absolute Gasteiger partial charge is 0.416 e. The number of aromatic hydroxyl groups is 2. The monoisotopic (exact) mass is 253 g/mol. The number of methoxy groups -OCH3 is 1. The molecule has 18 heavy (non-hydrogen) atoms. The number of benzene rings is 1. The first-order chi connectivity index (χ1) is 8.52. The van der Waals surface area contributed by atoms with Gasteiger partial charge in [-0.25, -0.2) is 4.79 Å². The summed E-state index contributed by atoms with van der Waals surface area (Å²) in [4.78, 5) is 13.3. The zero-order chi connectivity index (χ0) is 13.3. The van der Waals surface area contributed by atoms with Gasteiger partial charge in [-0.3, -0.25) is 4.90 Å². The highest BCUT2D eigenvalue weighted by atomic mass is 16.7. The molecule has 1 aliphatic rings. The van der Waals surface area contributed by atoms with E-state index in [1.165, 1.54) is 24.1 Å². The van der Waals surface area contributed by atoms with Crippen LogP contribution in [0.15, 0.2) is 12.1 Å². The number of anilines is 1. The Morgan fingerprint density at radius 1 is 1.39 bits per heavy atom. The Morgan fingerprint density at radius 2 is 2.06 bits per heavy atom. The second kappa shape index (κ2) is 4.73. The number of fused-ring (bicyclic) bond motifs is 1. The van der Waals surface area contributed by atoms with Gasteiger partial charge in [0, 0.05) is 19.7 Å². The number of phenolic OH excluding ortho intramolecular Hbond substituents is 2. The molecule has 6 nitrogen and oxygen atoms in total. The number of carbonyl (C=O) groups is 1. The van der Waals surface area contributed by atoms with E-state index in [-0.39, 0.29) is 11.5 Å². The Labute approximate surface area is 104 Å². The maximum absolute atomic E-state index is 11.9. The molecule has 1 aromatic rings. The van der Waals surface area contributed by atoms with Gasteiger partial charge < -0.3 is 19.7 Å². The van der Waals surface area contributed by atoms with Gasteiger partial charge in [-0.05, 0) is 25.0 Å². The van der Waals surface area contributed by atoms with E-state index >= 15 is 0 Å². The number of carbonyl (C=O) groups excluding carboxylic acids is 1. The second-order valence-corrected chi connectivity index (χ2v) is 4.06. The van der Waals surface area contributed by atoms with Crippen LogP contribution in [-0.4, -0.2) is 36.3 Å². The molecule has 0 spiro atoms. The number of amides is 1. The molecular formula is C12H15NO5. The largest absolute Gasteiger partial charge is 0.504 e. The van der Waals surface area contributed by atoms with Gasteiger partial charge in [-0.1, -0.05) is 0 Å². The third-order valence-electron chi connectivity index (χ3n) is 2.89. The predicted octanol–water partition coefficient (Wildman–Crippen LogP) is 1.59. The molecule has 0 fully saturated rings. The van der Waals surface area contributed by atoms with Crippen molar-refractivity contribution in [2.75, 3.05) is 18.6 Å². The summed E-state index contributed by atoms with van der Waals surface area (Å²) in [7, 11) is 1.44. The van der Waals surface area contributed by atoms with E-state index in [2.05, 4.69) is 0 Å². The van der Waals surface area contributed by atoms with Gasteiger partial charge in [0.05, 0.1) is 5.69 Å². The van der Waals surface area contributed by atoms with E-state index in [1.54, 1.807) is 6.92 Å². The van der Waals surface area contributed by atoms with Crippen molar-refractivity contribution < 1.29 is 24.5 Å². The molecule has 0 aliphatic carbocycles. The van der Waals surface area contributed by atoms with Crippen LogP contribution in [-0.2, 0) is 15.9 Å². The maximum atomic E-state index is 11.9. The number of hydrogen-bond acceptors (Lipinski definition) is 5. The fraction of sp³-hybridized carbons (Fsp3) is 0.417. The van der Waals surface area contributed by atoms with Crippen molar-refractivity contribution in [2.45, 2.75) is 19.6 Å². The number of ether oxygens (including phenoxy) is 2. The van der Waals surface area contributed by atoms with Crippen LogP contribution < -0.4 is 4.90 Å². The summed E-state index contributed by atoms with van der Waals surface area (Å²) in [6.45, 7) is 2.07. The Balaban J connectivity index is 2.21. The zero-order valence-corrected chi connectivity index (χ0v) is 10.2. The van der Waals surface area contributed by atoms with E-state index in [0.717, 1.165) is 5.56 Å². The molecule has 2 rings (SSSR count). The van der Waals surface area contributed by atoms with E-state index in [4.69, 9.17) is 9.47 Å². The minimum Gasteiger partial charge on any atom is -0.504 e. The normalized spacial score (nSPS) is 15.3. The van der Waals surface area contributed by atoms with Crippen LogP contribution >= 0.6 is 0 Å². The van der Waals surface area contributed by atoms with Gasteiger partial charge in [0.15, 0.2) is 11.5 Å². The molecule has 2 N–H and O–H groups in total. The third-order valence-corrected chi connectivity index (χ3v) is 2.89. The van der Waals surface area contributed by atoms with Crippen LogP contribution in [0, 0.1) is 0 Å². The number of rotatable bonds is 2. The first-order valence-corrected chi connectivity index (χ1v) is 5.58. The second-order valence-electron chi connectivity index (χ2n) is 4.06. The van der Waals surface area contributed by atoms with Gasteiger partial charge in [0.1, 0.15) is 0 Å². The fourth-order valence-electron chi connectivity index (χ4n) is 1.86. The van der Waals surface area contributed by atoms with Crippen molar-refractivity contribution >= 4 is 11.8 Å². The average Bonchev–Trinajstić information content (AvgIpc) is 2.72. The predicted molar refractivity (Wildman–Crippen MR) is 63.8 cm³/mol. The maximum Gasteiger partial charge on any atom is 0.416 e. The van der Waals surface area contributed by atoms with Gasteiger partial charge in [-0.15, -0.1) is 0 Å². The topological polar surface area (TPSA) is 79.2 Å². The Morgan fingerprint density at radius 3 is 2.72 bits per heavy atom. The van der Waals surface area contributed by atoms with Crippen LogP contribution in [0.3, 0.4) is 0 Å². The first-order valence-electron chi connectivity index (χ1n) is 5.58. The third kappa shape index (κ3) is 2.19. The highest BCUT2D eigenvalue weighted by molar-refractivity contribution is 5.91. The zero-order valence-electron chi connectivity index (χ0n) is 10.2. The molecular weight excluding hydrogens is 238 g/mol. The van der Waals surface area contributed by atoms with E-state index < -0.39 is 12.4 Å². The lowest BCUT2D eigenvalue weighted by Crippen LogP contribution is -2.32. The highest BCUT2D eigenvalue weighted by Gasteiger charge is 2.28. The van der Waals surface area contributed by atoms with Gasteiger partial charge in [0.25, 0.3) is 0 Å². The van der Waals surface area contributed by atoms with Crippen molar-refractivity contribution in [3.05, 3.63) is 17.7 Å². The molecule has 1 aromatic carbocycles. The average molecular weight is 253 g/mol. The van der Waals surface area contributed by atoms with Crippen LogP contribution in [0.4, 0.5) is 10.5 Å². The standard InChI is InChI=1S/C12H15NO5/c1-7(17-2)18-12(16)13-4-3-8-5-10(14)11(15)6-9(8)13/h5-7,14-15H,3-4H2,1-2H3. The Hall–Kier alpha value is -1.95. The molecule has 1 unspecified atom stereocenters. The molecule has 1 amide bonds. The van der Waals surface area contributed by atoms with Crippen LogP contribution in [0.1, 0.15) is 12.5 Å². The molecule has 1 heterocycles. The van der Waals surface area contributed by atoms with Crippen molar-refractivity contribution in [2.24, 2.45) is 0 Å². The Bertz CT molecular complexity index is 474. The van der Waals surface area contributed by atoms with Gasteiger partial charge in [-0.2, -0.15) is 0 Å². The lowest BCUT2D eigenvalue weighted by atomic mass is 10.1. The number of nitrogens with zero attached hydrogens (tertiary/aromatic N) is 1. The van der Waals surface area contributed by atoms with E-state index in [9.17, 15) is 15.0 Å². The van der Waals surface area contributed by atoms with Crippen molar-refractivity contribution in [1.29, 1.82) is 0 Å². The summed E-state index contributed by atoms with van der Waals surface area (Å²) >= 11 is 0. The van der Waals surface area contributed by atoms with Gasteiger partial charge in [0.2, 0.25) is 6.29 Å². The van der Waals surface area contributed by atoms with Crippen molar-refractivity contribution in [1.82, 2.24) is 0 Å². The van der Waals surface area contributed by atoms with Crippen molar-refractivity contribution in [3.8, 4) is 11.5 Å². The molecule has 0 saturated carbocycles. The van der Waals surface area contributed by atoms with E-state index in [1.807, 2.05) is 0 Å². The van der Waals surface area contributed by atoms with E-state index in [0.29, 0.717) is 18.7 Å². The van der Waals surface area contributed by atoms with Crippen LogP contribution in [0.25, 0.3) is 0 Å². The highest BCUT2D eigenvalue weighted by Crippen LogP contribution is 2.37. The lowest BCUT2D eigenvalue weighted by Gasteiger charge is -2.19. The first kappa shape index (κ1) is 12.5. The summed E-state index contributed by atoms with van der Waals surface area (Å²) in [5.74, 6) is -0.442. The molecule has 0 aromatic heterocycles. The summed E-state index contributed by atoms with van der Waals surface area (Å²) in [6.07, 6.45) is -0.555. The lowest BCUT2D eigenvalue weighted by molar-refractivity contribution is -0.0650. The number of phenols is 2. The molecule has 0 bridgehead atoms. The van der Waals surface area contributed by atoms with Crippen LogP contribution in [0.2, 0.25) is 0 Å².